The van der Waals surface area contributed by atoms with Gasteiger partial charge in [0.25, 0.3) is 0 Å². The third kappa shape index (κ3) is 5.19. The topological polar surface area (TPSA) is 64.3 Å². The van der Waals surface area contributed by atoms with Crippen molar-refractivity contribution in [2.45, 2.75) is 51.8 Å². The standard InChI is InChI=1S/C10H22N2O2/c1-7(2)12-8(9(11)13)6-10(3,4)14-5/h7-8,12H,6H2,1-5H3,(H2,11,13). The largest absolute Gasteiger partial charge is 0.379 e. The molecule has 0 heterocycles. The molecule has 0 fully saturated rings. The summed E-state index contributed by atoms with van der Waals surface area (Å²) in [6, 6.07) is -0.0925. The second-order valence-electron chi connectivity index (χ2n) is 4.44. The number of rotatable bonds is 6. The van der Waals surface area contributed by atoms with Gasteiger partial charge in [-0.05, 0) is 13.8 Å². The smallest absolute Gasteiger partial charge is 0.234 e. The summed E-state index contributed by atoms with van der Waals surface area (Å²) in [4.78, 5) is 11.1. The predicted molar refractivity (Wildman–Crippen MR) is 57.0 cm³/mol. The van der Waals surface area contributed by atoms with Gasteiger partial charge in [0.2, 0.25) is 5.91 Å². The molecule has 4 heteroatoms. The van der Waals surface area contributed by atoms with Gasteiger partial charge in [-0.2, -0.15) is 0 Å². The number of nitrogens with two attached hydrogens (primary N) is 1. The maximum absolute atomic E-state index is 11.1. The highest BCUT2D eigenvalue weighted by atomic mass is 16.5. The maximum Gasteiger partial charge on any atom is 0.234 e. The Bertz CT molecular complexity index is 191. The summed E-state index contributed by atoms with van der Waals surface area (Å²) in [6.07, 6.45) is 0.580. The molecule has 0 saturated carbocycles. The summed E-state index contributed by atoms with van der Waals surface area (Å²) in [6.45, 7) is 7.83. The Labute approximate surface area is 86.2 Å². The summed E-state index contributed by atoms with van der Waals surface area (Å²) in [7, 11) is 1.63. The van der Waals surface area contributed by atoms with Gasteiger partial charge >= 0.3 is 0 Å². The second kappa shape index (κ2) is 5.32. The van der Waals surface area contributed by atoms with E-state index >= 15 is 0 Å². The molecule has 1 atom stereocenters. The molecule has 84 valence electrons. The fourth-order valence-corrected chi connectivity index (χ4v) is 1.22. The van der Waals surface area contributed by atoms with E-state index in [1.165, 1.54) is 0 Å². The molecule has 4 nitrogen and oxygen atoms in total. The number of methoxy groups -OCH3 is 1. The Morgan fingerprint density at radius 1 is 1.50 bits per heavy atom. The lowest BCUT2D eigenvalue weighted by atomic mass is 9.98. The summed E-state index contributed by atoms with van der Waals surface area (Å²) in [5.74, 6) is -0.330. The summed E-state index contributed by atoms with van der Waals surface area (Å²) < 4.78 is 5.25. The fourth-order valence-electron chi connectivity index (χ4n) is 1.22. The molecule has 0 aliphatic rings. The summed E-state index contributed by atoms with van der Waals surface area (Å²) in [5.41, 5.74) is 4.96. The number of hydrogen-bond acceptors (Lipinski definition) is 3. The molecule has 0 aliphatic carbocycles. The first kappa shape index (κ1) is 13.4. The van der Waals surface area contributed by atoms with Crippen molar-refractivity contribution in [3.05, 3.63) is 0 Å². The first-order valence-electron chi connectivity index (χ1n) is 4.89. The Morgan fingerprint density at radius 2 is 2.00 bits per heavy atom. The van der Waals surface area contributed by atoms with Gasteiger partial charge in [0.15, 0.2) is 0 Å². The zero-order valence-electron chi connectivity index (χ0n) is 9.76. The minimum absolute atomic E-state index is 0.236. The van der Waals surface area contributed by atoms with Crippen molar-refractivity contribution in [2.75, 3.05) is 7.11 Å². The molecular weight excluding hydrogens is 180 g/mol. The van der Waals surface area contributed by atoms with Gasteiger partial charge in [0.05, 0.1) is 11.6 Å². The molecule has 0 aliphatic heterocycles. The lowest BCUT2D eigenvalue weighted by Crippen LogP contribution is -2.48. The molecular formula is C10H22N2O2. The number of amides is 1. The molecule has 0 radical (unpaired) electrons. The molecule has 0 bridgehead atoms. The SMILES string of the molecule is COC(C)(C)CC(NC(C)C)C(N)=O. The average Bonchev–Trinajstić information content (AvgIpc) is 2.02. The van der Waals surface area contributed by atoms with Crippen LogP contribution in [0.5, 0.6) is 0 Å². The molecule has 0 aromatic heterocycles. The monoisotopic (exact) mass is 202 g/mol. The second-order valence-corrected chi connectivity index (χ2v) is 4.44. The number of carbonyl (C=O) groups is 1. The van der Waals surface area contributed by atoms with Crippen LogP contribution in [0.4, 0.5) is 0 Å². The van der Waals surface area contributed by atoms with Crippen LogP contribution < -0.4 is 11.1 Å². The minimum atomic E-state index is -0.332. The first-order chi connectivity index (χ1) is 6.28. The van der Waals surface area contributed by atoms with Gasteiger partial charge in [0, 0.05) is 19.6 Å². The van der Waals surface area contributed by atoms with Crippen LogP contribution in [-0.2, 0) is 9.53 Å². The number of primary amides is 1. The Kier molecular flexibility index (Phi) is 5.08. The lowest BCUT2D eigenvalue weighted by molar-refractivity contribution is -0.122. The molecule has 0 rings (SSSR count). The van der Waals surface area contributed by atoms with Crippen LogP contribution in [0, 0.1) is 0 Å². The van der Waals surface area contributed by atoms with Gasteiger partial charge in [-0.25, -0.2) is 0 Å². The van der Waals surface area contributed by atoms with E-state index in [1.807, 2.05) is 27.7 Å². The number of nitrogens with one attached hydrogen (secondary N) is 1. The van der Waals surface area contributed by atoms with Gasteiger partial charge < -0.3 is 15.8 Å². The van der Waals surface area contributed by atoms with Gasteiger partial charge in [0.1, 0.15) is 0 Å². The third-order valence-electron chi connectivity index (χ3n) is 2.13. The van der Waals surface area contributed by atoms with Gasteiger partial charge in [-0.1, -0.05) is 13.8 Å². The predicted octanol–water partition coefficient (Wildman–Crippen LogP) is 0.653. The van der Waals surface area contributed by atoms with E-state index in [1.54, 1.807) is 7.11 Å². The molecule has 1 amide bonds. The van der Waals surface area contributed by atoms with E-state index in [2.05, 4.69) is 5.32 Å². The number of carbonyl (C=O) groups excluding carboxylic acids is 1. The molecule has 0 saturated heterocycles. The van der Waals surface area contributed by atoms with Crippen LogP contribution >= 0.6 is 0 Å². The minimum Gasteiger partial charge on any atom is -0.379 e. The van der Waals surface area contributed by atoms with E-state index in [0.29, 0.717) is 6.42 Å². The van der Waals surface area contributed by atoms with Crippen molar-refractivity contribution in [1.29, 1.82) is 0 Å². The van der Waals surface area contributed by atoms with Crippen molar-refractivity contribution in [1.82, 2.24) is 5.32 Å². The van der Waals surface area contributed by atoms with Crippen LogP contribution in [0.2, 0.25) is 0 Å². The molecule has 0 aromatic carbocycles. The van der Waals surface area contributed by atoms with Gasteiger partial charge in [-0.15, -0.1) is 0 Å². The van der Waals surface area contributed by atoms with Crippen LogP contribution in [0.1, 0.15) is 34.1 Å². The summed E-state index contributed by atoms with van der Waals surface area (Å²) in [5, 5.41) is 3.12. The van der Waals surface area contributed by atoms with Crippen molar-refractivity contribution < 1.29 is 9.53 Å². The fraction of sp³-hybridized carbons (Fsp3) is 0.900. The number of ether oxygens (including phenoxy) is 1. The molecule has 14 heavy (non-hydrogen) atoms. The Balaban J connectivity index is 4.30. The van der Waals surface area contributed by atoms with Crippen molar-refractivity contribution in [3.63, 3.8) is 0 Å². The maximum atomic E-state index is 11.1. The first-order valence-corrected chi connectivity index (χ1v) is 4.89. The van der Waals surface area contributed by atoms with Crippen LogP contribution in [0.3, 0.4) is 0 Å². The normalized spacial score (nSPS) is 14.4. The molecule has 3 N–H and O–H groups in total. The van der Waals surface area contributed by atoms with Crippen LogP contribution in [0.15, 0.2) is 0 Å². The molecule has 0 aromatic rings. The lowest BCUT2D eigenvalue weighted by Gasteiger charge is -2.28. The van der Waals surface area contributed by atoms with E-state index < -0.39 is 0 Å². The highest BCUT2D eigenvalue weighted by Gasteiger charge is 2.26. The quantitative estimate of drug-likeness (QED) is 0.665. The van der Waals surface area contributed by atoms with Crippen molar-refractivity contribution >= 4 is 5.91 Å². The zero-order chi connectivity index (χ0) is 11.4. The van der Waals surface area contributed by atoms with Crippen LogP contribution in [0.25, 0.3) is 0 Å². The van der Waals surface area contributed by atoms with E-state index in [4.69, 9.17) is 10.5 Å². The Morgan fingerprint density at radius 3 is 2.29 bits per heavy atom. The van der Waals surface area contributed by atoms with E-state index in [9.17, 15) is 4.79 Å². The highest BCUT2D eigenvalue weighted by Crippen LogP contribution is 2.15. The van der Waals surface area contributed by atoms with E-state index in [0.717, 1.165) is 0 Å². The Hall–Kier alpha value is -0.610. The number of hydrogen-bond donors (Lipinski definition) is 2. The third-order valence-corrected chi connectivity index (χ3v) is 2.13. The van der Waals surface area contributed by atoms with Crippen molar-refractivity contribution in [2.24, 2.45) is 5.73 Å². The highest BCUT2D eigenvalue weighted by molar-refractivity contribution is 5.79. The molecule has 0 spiro atoms. The zero-order valence-corrected chi connectivity index (χ0v) is 9.76. The molecule has 1 unspecified atom stereocenters. The summed E-state index contributed by atoms with van der Waals surface area (Å²) >= 11 is 0. The van der Waals surface area contributed by atoms with E-state index in [-0.39, 0.29) is 23.6 Å². The average molecular weight is 202 g/mol. The van der Waals surface area contributed by atoms with Crippen LogP contribution in [-0.4, -0.2) is 30.7 Å². The van der Waals surface area contributed by atoms with Gasteiger partial charge in [-0.3, -0.25) is 4.79 Å². The van der Waals surface area contributed by atoms with Crippen molar-refractivity contribution in [3.8, 4) is 0 Å².